The summed E-state index contributed by atoms with van der Waals surface area (Å²) >= 11 is 0. The number of aliphatic imine (C=N–C) groups is 1. The minimum absolute atomic E-state index is 0. The van der Waals surface area contributed by atoms with E-state index in [1.807, 2.05) is 7.05 Å². The molecule has 5 nitrogen and oxygen atoms in total. The first kappa shape index (κ1) is 25.2. The van der Waals surface area contributed by atoms with Crippen molar-refractivity contribution in [1.29, 1.82) is 0 Å². The first-order valence-electron chi connectivity index (χ1n) is 8.58. The summed E-state index contributed by atoms with van der Waals surface area (Å²) in [5.74, 6) is 0.856. The number of nitrogens with one attached hydrogen (secondary N) is 2. The highest BCUT2D eigenvalue weighted by atomic mass is 127. The molecule has 6 heteroatoms. The zero-order valence-corrected chi connectivity index (χ0v) is 18.6. The molecule has 0 fully saturated rings. The van der Waals surface area contributed by atoms with Crippen LogP contribution in [0.25, 0.3) is 0 Å². The molecule has 23 heavy (non-hydrogen) atoms. The van der Waals surface area contributed by atoms with Gasteiger partial charge in [-0.1, -0.05) is 34.6 Å². The third-order valence-electron chi connectivity index (χ3n) is 4.02. The van der Waals surface area contributed by atoms with Crippen molar-refractivity contribution in [2.45, 2.75) is 53.6 Å². The van der Waals surface area contributed by atoms with E-state index in [-0.39, 0.29) is 35.5 Å². The van der Waals surface area contributed by atoms with Gasteiger partial charge in [0.1, 0.15) is 0 Å². The largest absolute Gasteiger partial charge is 0.379 e. The van der Waals surface area contributed by atoms with E-state index in [0.717, 1.165) is 38.6 Å². The molecule has 0 spiro atoms. The Morgan fingerprint density at radius 2 is 1.74 bits per heavy atom. The van der Waals surface area contributed by atoms with Crippen LogP contribution in [0.3, 0.4) is 0 Å². The van der Waals surface area contributed by atoms with Crippen LogP contribution in [0.15, 0.2) is 4.99 Å². The van der Waals surface area contributed by atoms with Gasteiger partial charge in [0.15, 0.2) is 5.96 Å². The maximum absolute atomic E-state index is 5.55. The molecule has 0 aliphatic heterocycles. The molecule has 0 saturated carbocycles. The number of hydrogen-bond acceptors (Lipinski definition) is 3. The summed E-state index contributed by atoms with van der Waals surface area (Å²) in [6, 6.07) is 0. The Hall–Kier alpha value is -0.0800. The number of guanidine groups is 1. The molecule has 0 aromatic carbocycles. The lowest BCUT2D eigenvalue weighted by Crippen LogP contribution is -2.45. The standard InChI is InChI=1S/C17H38N4O.HI/c1-8-21(9-2)13-11-10-12-19-16(18-6)20-14-15(22-7)17(3,4)5;/h15H,8-14H2,1-7H3,(H2,18,19,20);1H. The van der Waals surface area contributed by atoms with E-state index < -0.39 is 0 Å². The Morgan fingerprint density at radius 3 is 2.17 bits per heavy atom. The van der Waals surface area contributed by atoms with Gasteiger partial charge in [-0.15, -0.1) is 24.0 Å². The third-order valence-corrected chi connectivity index (χ3v) is 4.02. The van der Waals surface area contributed by atoms with E-state index >= 15 is 0 Å². The van der Waals surface area contributed by atoms with Crippen LogP contribution in [-0.2, 0) is 4.74 Å². The maximum atomic E-state index is 5.55. The summed E-state index contributed by atoms with van der Waals surface area (Å²) in [4.78, 5) is 6.73. The van der Waals surface area contributed by atoms with Crippen molar-refractivity contribution >= 4 is 29.9 Å². The van der Waals surface area contributed by atoms with Crippen molar-refractivity contribution in [3.8, 4) is 0 Å². The van der Waals surface area contributed by atoms with Gasteiger partial charge in [0, 0.05) is 27.2 Å². The summed E-state index contributed by atoms with van der Waals surface area (Å²) in [5, 5.41) is 6.73. The Balaban J connectivity index is 0. The second kappa shape index (κ2) is 14.3. The van der Waals surface area contributed by atoms with Gasteiger partial charge in [0.05, 0.1) is 6.10 Å². The Kier molecular flexibility index (Phi) is 15.6. The van der Waals surface area contributed by atoms with Gasteiger partial charge in [-0.05, 0) is 37.9 Å². The molecular weight excluding hydrogens is 403 g/mol. The van der Waals surface area contributed by atoms with Gasteiger partial charge in [-0.3, -0.25) is 4.99 Å². The number of methoxy groups -OCH3 is 1. The number of unbranched alkanes of at least 4 members (excludes halogenated alkanes) is 1. The molecule has 0 rings (SSSR count). The summed E-state index contributed by atoms with van der Waals surface area (Å²) in [7, 11) is 3.57. The molecule has 1 unspecified atom stereocenters. The fourth-order valence-electron chi connectivity index (χ4n) is 2.36. The van der Waals surface area contributed by atoms with Gasteiger partial charge in [-0.2, -0.15) is 0 Å². The average molecular weight is 442 g/mol. The van der Waals surface area contributed by atoms with Crippen molar-refractivity contribution in [3.63, 3.8) is 0 Å². The smallest absolute Gasteiger partial charge is 0.191 e. The monoisotopic (exact) mass is 442 g/mol. The number of hydrogen-bond donors (Lipinski definition) is 2. The van der Waals surface area contributed by atoms with Crippen LogP contribution in [-0.4, -0.2) is 63.8 Å². The Morgan fingerprint density at radius 1 is 1.13 bits per heavy atom. The molecule has 2 N–H and O–H groups in total. The van der Waals surface area contributed by atoms with Crippen molar-refractivity contribution in [2.75, 3.05) is 46.9 Å². The molecule has 0 aromatic rings. The number of nitrogens with zero attached hydrogens (tertiary/aromatic N) is 2. The van der Waals surface area contributed by atoms with Gasteiger partial charge in [-0.25, -0.2) is 0 Å². The molecule has 0 aliphatic rings. The van der Waals surface area contributed by atoms with Gasteiger partial charge < -0.3 is 20.3 Å². The van der Waals surface area contributed by atoms with E-state index in [1.54, 1.807) is 7.11 Å². The minimum atomic E-state index is 0. The summed E-state index contributed by atoms with van der Waals surface area (Å²) < 4.78 is 5.55. The first-order valence-corrected chi connectivity index (χ1v) is 8.58. The number of rotatable bonds is 10. The van der Waals surface area contributed by atoms with Crippen molar-refractivity contribution in [3.05, 3.63) is 0 Å². The highest BCUT2D eigenvalue weighted by molar-refractivity contribution is 14.0. The highest BCUT2D eigenvalue weighted by Crippen LogP contribution is 2.20. The molecule has 0 bridgehead atoms. The molecule has 0 heterocycles. The van der Waals surface area contributed by atoms with Crippen LogP contribution >= 0.6 is 24.0 Å². The SMILES string of the molecule is CCN(CC)CCCCNC(=NC)NCC(OC)C(C)(C)C.I. The molecule has 140 valence electrons. The second-order valence-corrected chi connectivity index (χ2v) is 6.70. The summed E-state index contributed by atoms with van der Waals surface area (Å²) in [6.45, 7) is 16.2. The molecule has 0 amide bonds. The van der Waals surface area contributed by atoms with E-state index in [2.05, 4.69) is 55.1 Å². The van der Waals surface area contributed by atoms with Crippen molar-refractivity contribution < 1.29 is 4.74 Å². The highest BCUT2D eigenvalue weighted by Gasteiger charge is 2.24. The van der Waals surface area contributed by atoms with E-state index in [0.29, 0.717) is 0 Å². The van der Waals surface area contributed by atoms with E-state index in [4.69, 9.17) is 4.74 Å². The number of ether oxygens (including phenoxy) is 1. The molecule has 0 aliphatic carbocycles. The minimum Gasteiger partial charge on any atom is -0.379 e. The van der Waals surface area contributed by atoms with Gasteiger partial charge in [0.2, 0.25) is 0 Å². The van der Waals surface area contributed by atoms with Crippen LogP contribution < -0.4 is 10.6 Å². The predicted molar refractivity (Wildman–Crippen MR) is 112 cm³/mol. The van der Waals surface area contributed by atoms with Crippen LogP contribution in [0.5, 0.6) is 0 Å². The number of halogens is 1. The van der Waals surface area contributed by atoms with Gasteiger partial charge >= 0.3 is 0 Å². The zero-order valence-electron chi connectivity index (χ0n) is 16.2. The van der Waals surface area contributed by atoms with Crippen molar-refractivity contribution in [1.82, 2.24) is 15.5 Å². The first-order chi connectivity index (χ1) is 10.4. The van der Waals surface area contributed by atoms with Crippen LogP contribution in [0.4, 0.5) is 0 Å². The second-order valence-electron chi connectivity index (χ2n) is 6.70. The lowest BCUT2D eigenvalue weighted by Gasteiger charge is -2.30. The fraction of sp³-hybridized carbons (Fsp3) is 0.941. The fourth-order valence-corrected chi connectivity index (χ4v) is 2.36. The normalized spacial score (nSPS) is 13.7. The average Bonchev–Trinajstić information content (AvgIpc) is 2.48. The Labute approximate surface area is 161 Å². The van der Waals surface area contributed by atoms with Crippen LogP contribution in [0.1, 0.15) is 47.5 Å². The van der Waals surface area contributed by atoms with E-state index in [1.165, 1.54) is 13.0 Å². The van der Waals surface area contributed by atoms with Crippen LogP contribution in [0.2, 0.25) is 0 Å². The van der Waals surface area contributed by atoms with Crippen molar-refractivity contribution in [2.24, 2.45) is 10.4 Å². The topological polar surface area (TPSA) is 48.9 Å². The summed E-state index contributed by atoms with van der Waals surface area (Å²) in [5.41, 5.74) is 0.115. The van der Waals surface area contributed by atoms with Crippen LogP contribution in [0, 0.1) is 5.41 Å². The molecule has 0 aromatic heterocycles. The lowest BCUT2D eigenvalue weighted by atomic mass is 9.89. The summed E-state index contributed by atoms with van der Waals surface area (Å²) in [6.07, 6.45) is 2.53. The molecule has 0 saturated heterocycles. The third kappa shape index (κ3) is 12.0. The predicted octanol–water partition coefficient (Wildman–Crippen LogP) is 2.95. The molecule has 1 atom stereocenters. The van der Waals surface area contributed by atoms with Gasteiger partial charge in [0.25, 0.3) is 0 Å². The Bertz CT molecular complexity index is 301. The lowest BCUT2D eigenvalue weighted by molar-refractivity contribution is 0.0205. The molecular formula is C17H39IN4O. The molecule has 0 radical (unpaired) electrons. The maximum Gasteiger partial charge on any atom is 0.191 e. The zero-order chi connectivity index (χ0) is 17.0. The van der Waals surface area contributed by atoms with E-state index in [9.17, 15) is 0 Å². The quantitative estimate of drug-likeness (QED) is 0.237.